The Balaban J connectivity index is 1.77. The molecule has 0 amide bonds. The third-order valence-corrected chi connectivity index (χ3v) is 6.10. The van der Waals surface area contributed by atoms with Gasteiger partial charge >= 0.3 is 5.97 Å². The molecule has 3 aromatic rings. The topological polar surface area (TPSA) is 67.8 Å². The Morgan fingerprint density at radius 3 is 2.38 bits per heavy atom. The molecule has 0 radical (unpaired) electrons. The quantitative estimate of drug-likeness (QED) is 0.281. The number of halogens is 4. The number of hydrogen-bond donors (Lipinski definition) is 2. The van der Waals surface area contributed by atoms with Crippen molar-refractivity contribution in [3.63, 3.8) is 0 Å². The van der Waals surface area contributed by atoms with Gasteiger partial charge < -0.3 is 19.9 Å². The van der Waals surface area contributed by atoms with Crippen molar-refractivity contribution in [3.05, 3.63) is 84.8 Å². The number of rotatable bonds is 9. The van der Waals surface area contributed by atoms with Gasteiger partial charge in [-0.1, -0.05) is 40.9 Å². The van der Waals surface area contributed by atoms with E-state index in [0.717, 1.165) is 5.56 Å². The largest absolute Gasteiger partial charge is 0.490 e. The standard InChI is InChI=1S/C23H19BrCl3NO4/c1-2-31-21-9-13(11-28-14-6-7-15(23(29)30)20(27)10-14)8-17(24)22(21)32-12-16-18(25)4-3-5-19(16)26/h3-10,28H,2,11-12H2,1H3,(H,29,30). The molecular formula is C23H19BrCl3NO4. The Kier molecular flexibility index (Phi) is 8.54. The lowest BCUT2D eigenvalue weighted by Gasteiger charge is -2.17. The van der Waals surface area contributed by atoms with Crippen LogP contribution in [0.25, 0.3) is 0 Å². The molecule has 0 saturated carbocycles. The Hall–Kier alpha value is -2.12. The molecule has 0 unspecified atom stereocenters. The molecule has 0 atom stereocenters. The SMILES string of the molecule is CCOc1cc(CNc2ccc(C(=O)O)c(Cl)c2)cc(Br)c1OCc1c(Cl)cccc1Cl. The van der Waals surface area contributed by atoms with E-state index in [9.17, 15) is 4.79 Å². The van der Waals surface area contributed by atoms with Gasteiger partial charge in [0.2, 0.25) is 0 Å². The maximum Gasteiger partial charge on any atom is 0.337 e. The molecule has 0 heterocycles. The van der Waals surface area contributed by atoms with Crippen molar-refractivity contribution in [3.8, 4) is 11.5 Å². The normalized spacial score (nSPS) is 10.7. The minimum Gasteiger partial charge on any atom is -0.490 e. The van der Waals surface area contributed by atoms with Gasteiger partial charge in [-0.2, -0.15) is 0 Å². The van der Waals surface area contributed by atoms with E-state index in [4.69, 9.17) is 49.4 Å². The average Bonchev–Trinajstić information content (AvgIpc) is 2.73. The highest BCUT2D eigenvalue weighted by atomic mass is 79.9. The summed E-state index contributed by atoms with van der Waals surface area (Å²) in [6.45, 7) is 2.99. The van der Waals surface area contributed by atoms with Crippen LogP contribution in [0.4, 0.5) is 5.69 Å². The van der Waals surface area contributed by atoms with Gasteiger partial charge in [-0.25, -0.2) is 4.79 Å². The summed E-state index contributed by atoms with van der Waals surface area (Å²) >= 11 is 22.1. The first kappa shape index (κ1) is 24.5. The fraction of sp³-hybridized carbons (Fsp3) is 0.174. The summed E-state index contributed by atoms with van der Waals surface area (Å²) in [7, 11) is 0. The summed E-state index contributed by atoms with van der Waals surface area (Å²) in [4.78, 5) is 11.1. The number of carboxylic acid groups (broad SMARTS) is 1. The number of anilines is 1. The van der Waals surface area contributed by atoms with Crippen molar-refractivity contribution in [2.24, 2.45) is 0 Å². The van der Waals surface area contributed by atoms with Gasteiger partial charge in [0.15, 0.2) is 11.5 Å². The highest BCUT2D eigenvalue weighted by molar-refractivity contribution is 9.10. The van der Waals surface area contributed by atoms with E-state index < -0.39 is 5.97 Å². The third-order valence-electron chi connectivity index (χ3n) is 4.49. The van der Waals surface area contributed by atoms with Crippen LogP contribution in [0.5, 0.6) is 11.5 Å². The molecule has 9 heteroatoms. The van der Waals surface area contributed by atoms with Gasteiger partial charge in [0.05, 0.1) is 21.7 Å². The number of benzene rings is 3. The third kappa shape index (κ3) is 6.01. The molecular weight excluding hydrogens is 541 g/mol. The zero-order valence-electron chi connectivity index (χ0n) is 16.9. The first-order chi connectivity index (χ1) is 15.3. The van der Waals surface area contributed by atoms with Gasteiger partial charge in [-0.15, -0.1) is 0 Å². The molecule has 0 bridgehead atoms. The van der Waals surface area contributed by atoms with Crippen LogP contribution >= 0.6 is 50.7 Å². The number of carbonyl (C=O) groups is 1. The van der Waals surface area contributed by atoms with Gasteiger partial charge in [0.25, 0.3) is 0 Å². The highest BCUT2D eigenvalue weighted by Crippen LogP contribution is 2.38. The molecule has 0 spiro atoms. The molecule has 5 nitrogen and oxygen atoms in total. The molecule has 0 aliphatic carbocycles. The van der Waals surface area contributed by atoms with Crippen LogP contribution in [-0.4, -0.2) is 17.7 Å². The van der Waals surface area contributed by atoms with Crippen molar-refractivity contribution in [2.75, 3.05) is 11.9 Å². The van der Waals surface area contributed by atoms with E-state index in [1.807, 2.05) is 19.1 Å². The van der Waals surface area contributed by atoms with E-state index in [1.54, 1.807) is 30.3 Å². The number of hydrogen-bond acceptors (Lipinski definition) is 4. The van der Waals surface area contributed by atoms with Crippen molar-refractivity contribution < 1.29 is 19.4 Å². The molecule has 3 rings (SSSR count). The fourth-order valence-corrected chi connectivity index (χ4v) is 4.32. The van der Waals surface area contributed by atoms with E-state index >= 15 is 0 Å². The summed E-state index contributed by atoms with van der Waals surface area (Å²) in [6, 6.07) is 13.8. The zero-order valence-corrected chi connectivity index (χ0v) is 20.8. The summed E-state index contributed by atoms with van der Waals surface area (Å²) in [5.74, 6) is 0.0436. The lowest BCUT2D eigenvalue weighted by molar-refractivity contribution is 0.0697. The van der Waals surface area contributed by atoms with Crippen LogP contribution in [0.2, 0.25) is 15.1 Å². The second kappa shape index (κ2) is 11.1. The lowest BCUT2D eigenvalue weighted by atomic mass is 10.1. The first-order valence-corrected chi connectivity index (χ1v) is 11.5. The van der Waals surface area contributed by atoms with E-state index in [2.05, 4.69) is 21.2 Å². The van der Waals surface area contributed by atoms with Crippen LogP contribution in [0.1, 0.15) is 28.4 Å². The van der Waals surface area contributed by atoms with Crippen molar-refractivity contribution in [1.29, 1.82) is 0 Å². The van der Waals surface area contributed by atoms with Gasteiger partial charge in [-0.3, -0.25) is 0 Å². The summed E-state index contributed by atoms with van der Waals surface area (Å²) in [6.07, 6.45) is 0. The zero-order chi connectivity index (χ0) is 23.3. The van der Waals surface area contributed by atoms with Gasteiger partial charge in [0.1, 0.15) is 6.61 Å². The van der Waals surface area contributed by atoms with Crippen molar-refractivity contribution >= 4 is 62.4 Å². The first-order valence-electron chi connectivity index (χ1n) is 9.57. The summed E-state index contributed by atoms with van der Waals surface area (Å²) in [5, 5.41) is 13.5. The van der Waals surface area contributed by atoms with Crippen LogP contribution < -0.4 is 14.8 Å². The Bertz CT molecular complexity index is 1120. The highest BCUT2D eigenvalue weighted by Gasteiger charge is 2.15. The van der Waals surface area contributed by atoms with Crippen LogP contribution in [0.3, 0.4) is 0 Å². The molecule has 0 aliphatic heterocycles. The van der Waals surface area contributed by atoms with Gasteiger partial charge in [-0.05, 0) is 70.9 Å². The molecule has 2 N–H and O–H groups in total. The number of aromatic carboxylic acids is 1. The molecule has 0 fully saturated rings. The average molecular weight is 560 g/mol. The molecule has 168 valence electrons. The minimum atomic E-state index is -1.07. The second-order valence-corrected chi connectivity index (χ2v) is 8.76. The van der Waals surface area contributed by atoms with Crippen LogP contribution in [0, 0.1) is 0 Å². The fourth-order valence-electron chi connectivity index (χ4n) is 2.94. The predicted molar refractivity (Wildman–Crippen MR) is 132 cm³/mol. The molecule has 0 saturated heterocycles. The number of ether oxygens (including phenoxy) is 2. The Labute approximate surface area is 209 Å². The van der Waals surface area contributed by atoms with Crippen molar-refractivity contribution in [2.45, 2.75) is 20.1 Å². The van der Waals surface area contributed by atoms with E-state index in [1.165, 1.54) is 6.07 Å². The van der Waals surface area contributed by atoms with E-state index in [-0.39, 0.29) is 17.2 Å². The summed E-state index contributed by atoms with van der Waals surface area (Å²) in [5.41, 5.74) is 2.36. The lowest BCUT2D eigenvalue weighted by Crippen LogP contribution is -2.05. The van der Waals surface area contributed by atoms with Crippen molar-refractivity contribution in [1.82, 2.24) is 0 Å². The smallest absolute Gasteiger partial charge is 0.337 e. The number of nitrogens with one attached hydrogen (secondary N) is 1. The molecule has 32 heavy (non-hydrogen) atoms. The molecule has 3 aromatic carbocycles. The monoisotopic (exact) mass is 557 g/mol. The Morgan fingerprint density at radius 2 is 1.75 bits per heavy atom. The summed E-state index contributed by atoms with van der Waals surface area (Å²) < 4.78 is 12.5. The second-order valence-electron chi connectivity index (χ2n) is 6.68. The van der Waals surface area contributed by atoms with E-state index in [0.29, 0.717) is 50.4 Å². The minimum absolute atomic E-state index is 0.0544. The maximum absolute atomic E-state index is 11.1. The Morgan fingerprint density at radius 1 is 1.03 bits per heavy atom. The van der Waals surface area contributed by atoms with Crippen LogP contribution in [-0.2, 0) is 13.2 Å². The number of carboxylic acids is 1. The van der Waals surface area contributed by atoms with Crippen LogP contribution in [0.15, 0.2) is 53.0 Å². The predicted octanol–water partition coefficient (Wildman–Crippen LogP) is 7.70. The maximum atomic E-state index is 11.1. The van der Waals surface area contributed by atoms with Gasteiger partial charge in [0, 0.05) is 27.8 Å². The molecule has 0 aromatic heterocycles. The molecule has 0 aliphatic rings.